The molecular weight excluding hydrogens is 611 g/mol. The van der Waals surface area contributed by atoms with Gasteiger partial charge in [-0.15, -0.1) is 0 Å². The van der Waals surface area contributed by atoms with Crippen molar-refractivity contribution in [1.29, 1.82) is 0 Å². The highest BCUT2D eigenvalue weighted by atomic mass is 16.5. The Bertz CT molecular complexity index is 2470. The first-order valence-electron chi connectivity index (χ1n) is 16.8. The summed E-state index contributed by atoms with van der Waals surface area (Å²) in [5, 5.41) is 0. The minimum Gasteiger partial charge on any atom is -0.488 e. The number of hydrogen-bond acceptors (Lipinski definition) is 4. The molecule has 2 heterocycles. The van der Waals surface area contributed by atoms with Crippen molar-refractivity contribution in [3.05, 3.63) is 181 Å². The highest BCUT2D eigenvalue weighted by Crippen LogP contribution is 2.44. The molecule has 0 saturated heterocycles. The number of hydrogen-bond donors (Lipinski definition) is 0. The lowest BCUT2D eigenvalue weighted by Gasteiger charge is -2.23. The van der Waals surface area contributed by atoms with Crippen LogP contribution in [0.4, 0.5) is 0 Å². The van der Waals surface area contributed by atoms with E-state index in [2.05, 4.69) is 164 Å². The number of aromatic nitrogens is 3. The van der Waals surface area contributed by atoms with Crippen LogP contribution in [0.15, 0.2) is 176 Å². The van der Waals surface area contributed by atoms with Crippen LogP contribution in [0.3, 0.4) is 0 Å². The molecule has 4 nitrogen and oxygen atoms in total. The van der Waals surface area contributed by atoms with Gasteiger partial charge in [0.25, 0.3) is 0 Å². The van der Waals surface area contributed by atoms with Gasteiger partial charge in [-0.05, 0) is 62.7 Å². The molecule has 0 bridgehead atoms. The van der Waals surface area contributed by atoms with E-state index < -0.39 is 0 Å². The molecule has 8 aromatic rings. The molecule has 236 valence electrons. The van der Waals surface area contributed by atoms with Crippen LogP contribution in [-0.2, 0) is 6.61 Å². The molecule has 0 atom stereocenters. The highest BCUT2D eigenvalue weighted by Gasteiger charge is 2.21. The number of ether oxygens (including phenoxy) is 1. The lowest BCUT2D eigenvalue weighted by molar-refractivity contribution is 0.302. The fourth-order valence-electron chi connectivity index (χ4n) is 6.72. The molecule has 0 unspecified atom stereocenters. The van der Waals surface area contributed by atoms with Gasteiger partial charge >= 0.3 is 0 Å². The Hall–Kier alpha value is -6.65. The maximum absolute atomic E-state index is 6.20. The Morgan fingerprint density at radius 3 is 1.50 bits per heavy atom. The zero-order valence-electron chi connectivity index (χ0n) is 27.2. The van der Waals surface area contributed by atoms with Crippen LogP contribution in [0.5, 0.6) is 5.75 Å². The fourth-order valence-corrected chi connectivity index (χ4v) is 6.72. The van der Waals surface area contributed by atoms with E-state index in [-0.39, 0.29) is 0 Å². The normalized spacial score (nSPS) is 11.7. The van der Waals surface area contributed by atoms with Crippen LogP contribution in [-0.4, -0.2) is 15.0 Å². The number of benzene rings is 7. The Morgan fingerprint density at radius 2 is 0.800 bits per heavy atom. The minimum atomic E-state index is 0.570. The van der Waals surface area contributed by atoms with Gasteiger partial charge < -0.3 is 4.74 Å². The fraction of sp³-hybridized carbons (Fsp3) is 0.0217. The van der Waals surface area contributed by atoms with E-state index in [1.807, 2.05) is 12.1 Å². The largest absolute Gasteiger partial charge is 0.488 e. The lowest BCUT2D eigenvalue weighted by Crippen LogP contribution is -2.06. The summed E-state index contributed by atoms with van der Waals surface area (Å²) in [5.74, 6) is 2.76. The third-order valence-corrected chi connectivity index (χ3v) is 9.24. The van der Waals surface area contributed by atoms with E-state index in [9.17, 15) is 0 Å². The molecule has 0 fully saturated rings. The molecule has 9 rings (SSSR count). The summed E-state index contributed by atoms with van der Waals surface area (Å²) in [6.07, 6.45) is 0. The number of nitrogens with zero attached hydrogens (tertiary/aromatic N) is 3. The summed E-state index contributed by atoms with van der Waals surface area (Å²) in [6.45, 7) is 0.570. The molecule has 0 N–H and O–H groups in total. The average molecular weight is 642 g/mol. The van der Waals surface area contributed by atoms with Crippen LogP contribution in [0.2, 0.25) is 0 Å². The van der Waals surface area contributed by atoms with Crippen LogP contribution in [0, 0.1) is 0 Å². The standard InChI is InChI=1S/C46H31N3O/c1-3-12-31(13-4-1)33-24-26-34(27-25-33)44-47-45(37-19-9-17-35(28-37)32-14-5-2-6-15-32)49-46(48-44)38-20-10-18-36(29-38)40-22-11-23-42-43(40)41-21-8-7-16-39(41)30-50-42/h1-29H,30H2. The van der Waals surface area contributed by atoms with Gasteiger partial charge in [-0.2, -0.15) is 0 Å². The van der Waals surface area contributed by atoms with Gasteiger partial charge in [0, 0.05) is 22.3 Å². The smallest absolute Gasteiger partial charge is 0.164 e. The van der Waals surface area contributed by atoms with Gasteiger partial charge in [-0.1, -0.05) is 158 Å². The third-order valence-electron chi connectivity index (χ3n) is 9.24. The summed E-state index contributed by atoms with van der Waals surface area (Å²) in [5.41, 5.74) is 13.0. The summed E-state index contributed by atoms with van der Waals surface area (Å²) in [7, 11) is 0. The average Bonchev–Trinajstić information content (AvgIpc) is 3.21. The van der Waals surface area contributed by atoms with Crippen molar-refractivity contribution in [1.82, 2.24) is 15.0 Å². The summed E-state index contributed by atoms with van der Waals surface area (Å²) < 4.78 is 6.20. The maximum Gasteiger partial charge on any atom is 0.164 e. The van der Waals surface area contributed by atoms with E-state index in [1.165, 1.54) is 16.7 Å². The first kappa shape index (κ1) is 29.5. The monoisotopic (exact) mass is 641 g/mol. The van der Waals surface area contributed by atoms with Crippen LogP contribution in [0.1, 0.15) is 5.56 Å². The van der Waals surface area contributed by atoms with Gasteiger partial charge in [0.15, 0.2) is 17.5 Å². The molecule has 1 aromatic heterocycles. The summed E-state index contributed by atoms with van der Waals surface area (Å²) in [6, 6.07) is 60.9. The molecule has 1 aliphatic heterocycles. The second kappa shape index (κ2) is 12.8. The van der Waals surface area contributed by atoms with Crippen molar-refractivity contribution >= 4 is 0 Å². The van der Waals surface area contributed by atoms with Gasteiger partial charge in [-0.25, -0.2) is 15.0 Å². The molecule has 7 aromatic carbocycles. The Morgan fingerprint density at radius 1 is 0.340 bits per heavy atom. The van der Waals surface area contributed by atoms with E-state index in [0.29, 0.717) is 24.1 Å². The zero-order valence-corrected chi connectivity index (χ0v) is 27.2. The van der Waals surface area contributed by atoms with E-state index in [4.69, 9.17) is 19.7 Å². The molecule has 0 aliphatic carbocycles. The molecule has 0 spiro atoms. The number of fused-ring (bicyclic) bond motifs is 3. The molecule has 50 heavy (non-hydrogen) atoms. The van der Waals surface area contributed by atoms with Crippen LogP contribution < -0.4 is 4.74 Å². The summed E-state index contributed by atoms with van der Waals surface area (Å²) in [4.78, 5) is 15.3. The second-order valence-corrected chi connectivity index (χ2v) is 12.4. The van der Waals surface area contributed by atoms with Gasteiger partial charge in [0.05, 0.1) is 0 Å². The SMILES string of the molecule is c1ccc(-c2ccc(-c3nc(-c4cccc(-c5ccccc5)c4)nc(-c4cccc(-c5cccc6c5-c5ccccc5CO6)c4)n3)cc2)cc1. The predicted octanol–water partition coefficient (Wildman–Crippen LogP) is 11.4. The maximum atomic E-state index is 6.20. The van der Waals surface area contributed by atoms with Crippen molar-refractivity contribution in [2.45, 2.75) is 6.61 Å². The molecule has 0 saturated carbocycles. The Balaban J connectivity index is 1.17. The zero-order chi connectivity index (χ0) is 33.3. The quantitative estimate of drug-likeness (QED) is 0.181. The van der Waals surface area contributed by atoms with Crippen molar-refractivity contribution < 1.29 is 4.74 Å². The Labute approximate surface area is 291 Å². The predicted molar refractivity (Wildman–Crippen MR) is 202 cm³/mol. The molecule has 0 amide bonds. The van der Waals surface area contributed by atoms with Crippen molar-refractivity contribution in [3.8, 4) is 84.4 Å². The minimum absolute atomic E-state index is 0.570. The van der Waals surface area contributed by atoms with Crippen molar-refractivity contribution in [2.24, 2.45) is 0 Å². The molecule has 4 heteroatoms. The van der Waals surface area contributed by atoms with Gasteiger partial charge in [0.2, 0.25) is 0 Å². The van der Waals surface area contributed by atoms with Crippen LogP contribution >= 0.6 is 0 Å². The lowest BCUT2D eigenvalue weighted by atomic mass is 9.89. The van der Waals surface area contributed by atoms with Gasteiger partial charge in [-0.3, -0.25) is 0 Å². The highest BCUT2D eigenvalue weighted by molar-refractivity contribution is 5.90. The Kier molecular flexibility index (Phi) is 7.52. The molecule has 1 aliphatic rings. The topological polar surface area (TPSA) is 47.9 Å². The third kappa shape index (κ3) is 5.63. The van der Waals surface area contributed by atoms with Crippen molar-refractivity contribution in [2.75, 3.05) is 0 Å². The van der Waals surface area contributed by atoms with Crippen molar-refractivity contribution in [3.63, 3.8) is 0 Å². The van der Waals surface area contributed by atoms with Gasteiger partial charge in [0.1, 0.15) is 12.4 Å². The molecule has 0 radical (unpaired) electrons. The van der Waals surface area contributed by atoms with E-state index in [1.54, 1.807) is 0 Å². The van der Waals surface area contributed by atoms with E-state index in [0.717, 1.165) is 55.8 Å². The first-order valence-corrected chi connectivity index (χ1v) is 16.8. The molecular formula is C46H31N3O. The number of rotatable bonds is 6. The second-order valence-electron chi connectivity index (χ2n) is 12.4. The van der Waals surface area contributed by atoms with Crippen LogP contribution in [0.25, 0.3) is 78.7 Å². The first-order chi connectivity index (χ1) is 24.8. The van der Waals surface area contributed by atoms with E-state index >= 15 is 0 Å². The summed E-state index contributed by atoms with van der Waals surface area (Å²) >= 11 is 0.